The van der Waals surface area contributed by atoms with Gasteiger partial charge in [0.05, 0.1) is 11.1 Å². The van der Waals surface area contributed by atoms with E-state index in [0.717, 1.165) is 28.5 Å². The highest BCUT2D eigenvalue weighted by Crippen LogP contribution is 2.41. The summed E-state index contributed by atoms with van der Waals surface area (Å²) in [6, 6.07) is 10.6. The van der Waals surface area contributed by atoms with Gasteiger partial charge < -0.3 is 0 Å². The first-order chi connectivity index (χ1) is 12.0. The predicted molar refractivity (Wildman–Crippen MR) is 106 cm³/mol. The van der Waals surface area contributed by atoms with Crippen LogP contribution in [0.5, 0.6) is 0 Å². The number of aliphatic imine (C=N–C) groups is 1. The minimum absolute atomic E-state index is 0.0106. The number of carbonyl (C=O) groups is 1. The van der Waals surface area contributed by atoms with Crippen molar-refractivity contribution in [3.8, 4) is 6.07 Å². The van der Waals surface area contributed by atoms with E-state index in [1.165, 1.54) is 5.56 Å². The standard InChI is InChI=1S/C21H24N2OS/c1-5-7-12-25-21-18(13-22)20(19(15(4)24)14(3)23-21)17-10-8-16(6-2)9-11-17/h5,7-11,18,20H,6,12H2,1-4H3/b7-5+/t18?,20-/m0/s1. The molecule has 0 aromatic heterocycles. The van der Waals surface area contributed by atoms with Crippen molar-refractivity contribution in [2.75, 3.05) is 5.75 Å². The third-order valence-corrected chi connectivity index (χ3v) is 5.41. The molecule has 0 fully saturated rings. The van der Waals surface area contributed by atoms with Gasteiger partial charge in [0, 0.05) is 22.9 Å². The quantitative estimate of drug-likeness (QED) is 0.696. The molecule has 0 aliphatic carbocycles. The zero-order valence-corrected chi connectivity index (χ0v) is 16.1. The fraction of sp³-hybridized carbons (Fsp3) is 0.381. The molecular weight excluding hydrogens is 328 g/mol. The molecule has 1 unspecified atom stereocenters. The van der Waals surface area contributed by atoms with Crippen LogP contribution in [0, 0.1) is 17.2 Å². The van der Waals surface area contributed by atoms with Crippen molar-refractivity contribution >= 4 is 22.6 Å². The summed E-state index contributed by atoms with van der Waals surface area (Å²) >= 11 is 1.57. The molecule has 1 aliphatic heterocycles. The lowest BCUT2D eigenvalue weighted by Gasteiger charge is -2.29. The van der Waals surface area contributed by atoms with Gasteiger partial charge in [-0.15, -0.1) is 11.8 Å². The Labute approximate surface area is 154 Å². The Morgan fingerprint density at radius 1 is 1.36 bits per heavy atom. The summed E-state index contributed by atoms with van der Waals surface area (Å²) in [5.74, 6) is 0.0884. The van der Waals surface area contributed by atoms with Crippen LogP contribution in [0.15, 0.2) is 52.7 Å². The van der Waals surface area contributed by atoms with Crippen LogP contribution in [-0.2, 0) is 11.2 Å². The first-order valence-electron chi connectivity index (χ1n) is 8.56. The third-order valence-electron chi connectivity index (χ3n) is 4.41. The highest BCUT2D eigenvalue weighted by Gasteiger charge is 2.37. The largest absolute Gasteiger partial charge is 0.295 e. The minimum Gasteiger partial charge on any atom is -0.295 e. The second kappa shape index (κ2) is 8.82. The average molecular weight is 353 g/mol. The van der Waals surface area contributed by atoms with Gasteiger partial charge in [0.25, 0.3) is 0 Å². The van der Waals surface area contributed by atoms with Crippen molar-refractivity contribution in [3.05, 3.63) is 58.8 Å². The third kappa shape index (κ3) is 4.29. The number of carbonyl (C=O) groups excluding carboxylic acids is 1. The predicted octanol–water partition coefficient (Wildman–Crippen LogP) is 5.06. The zero-order valence-electron chi connectivity index (χ0n) is 15.2. The van der Waals surface area contributed by atoms with Crippen LogP contribution in [-0.4, -0.2) is 16.6 Å². The lowest BCUT2D eigenvalue weighted by molar-refractivity contribution is -0.114. The topological polar surface area (TPSA) is 53.2 Å². The number of aryl methyl sites for hydroxylation is 1. The molecule has 1 aromatic rings. The lowest BCUT2D eigenvalue weighted by atomic mass is 9.77. The van der Waals surface area contributed by atoms with Crippen LogP contribution in [0.2, 0.25) is 0 Å². The van der Waals surface area contributed by atoms with Crippen LogP contribution >= 0.6 is 11.8 Å². The van der Waals surface area contributed by atoms with Crippen molar-refractivity contribution in [1.82, 2.24) is 0 Å². The molecule has 4 heteroatoms. The Morgan fingerprint density at radius 2 is 2.04 bits per heavy atom. The van der Waals surface area contributed by atoms with Crippen molar-refractivity contribution in [2.45, 2.75) is 40.0 Å². The van der Waals surface area contributed by atoms with E-state index in [9.17, 15) is 10.1 Å². The highest BCUT2D eigenvalue weighted by molar-refractivity contribution is 8.14. The highest BCUT2D eigenvalue weighted by atomic mass is 32.2. The summed E-state index contributed by atoms with van der Waals surface area (Å²) < 4.78 is 0. The van der Waals surface area contributed by atoms with Crippen molar-refractivity contribution in [2.24, 2.45) is 10.9 Å². The fourth-order valence-electron chi connectivity index (χ4n) is 3.10. The van der Waals surface area contributed by atoms with Gasteiger partial charge in [0.2, 0.25) is 0 Å². The number of nitrogens with zero attached hydrogens (tertiary/aromatic N) is 2. The number of nitriles is 1. The Balaban J connectivity index is 2.51. The molecular formula is C21H24N2OS. The summed E-state index contributed by atoms with van der Waals surface area (Å²) in [6.07, 6.45) is 5.00. The van der Waals surface area contributed by atoms with Gasteiger partial charge in [-0.1, -0.05) is 43.3 Å². The lowest BCUT2D eigenvalue weighted by Crippen LogP contribution is -2.28. The number of allylic oxidation sites excluding steroid dienone is 3. The van der Waals surface area contributed by atoms with E-state index in [1.807, 2.05) is 38.1 Å². The van der Waals surface area contributed by atoms with E-state index in [2.05, 4.69) is 30.1 Å². The number of benzene rings is 1. The maximum absolute atomic E-state index is 12.3. The van der Waals surface area contributed by atoms with Crippen LogP contribution in [0.3, 0.4) is 0 Å². The fourth-order valence-corrected chi connectivity index (χ4v) is 4.13. The zero-order chi connectivity index (χ0) is 18.4. The molecule has 0 amide bonds. The number of thioether (sulfide) groups is 1. The molecule has 2 rings (SSSR count). The number of hydrogen-bond acceptors (Lipinski definition) is 4. The number of Topliss-reactive ketones (excluding diaryl/α,β-unsaturated/α-hetero) is 1. The van der Waals surface area contributed by atoms with E-state index in [4.69, 9.17) is 0 Å². The minimum atomic E-state index is -0.426. The van der Waals surface area contributed by atoms with Crippen LogP contribution < -0.4 is 0 Å². The summed E-state index contributed by atoms with van der Waals surface area (Å²) in [7, 11) is 0. The van der Waals surface area contributed by atoms with Gasteiger partial charge in [-0.05, 0) is 38.3 Å². The molecule has 0 radical (unpaired) electrons. The van der Waals surface area contributed by atoms with Crippen LogP contribution in [0.1, 0.15) is 44.7 Å². The Kier molecular flexibility index (Phi) is 6.78. The normalized spacial score (nSPS) is 20.5. The molecule has 1 heterocycles. The molecule has 1 aliphatic rings. The summed E-state index contributed by atoms with van der Waals surface area (Å²) in [4.78, 5) is 16.9. The van der Waals surface area contributed by atoms with Gasteiger partial charge in [-0.3, -0.25) is 4.79 Å². The summed E-state index contributed by atoms with van der Waals surface area (Å²) in [6.45, 7) is 7.52. The van der Waals surface area contributed by atoms with Gasteiger partial charge >= 0.3 is 0 Å². The molecule has 0 bridgehead atoms. The number of hydrogen-bond donors (Lipinski definition) is 0. The van der Waals surface area contributed by atoms with Crippen molar-refractivity contribution < 1.29 is 4.79 Å². The average Bonchev–Trinajstić information content (AvgIpc) is 2.61. The number of rotatable bonds is 5. The maximum Gasteiger partial charge on any atom is 0.158 e. The molecule has 25 heavy (non-hydrogen) atoms. The molecule has 1 aromatic carbocycles. The molecule has 3 nitrogen and oxygen atoms in total. The van der Waals surface area contributed by atoms with Crippen LogP contribution in [0.4, 0.5) is 0 Å². The summed E-state index contributed by atoms with van der Waals surface area (Å²) in [5, 5.41) is 10.6. The first-order valence-corrected chi connectivity index (χ1v) is 9.54. The van der Waals surface area contributed by atoms with E-state index in [-0.39, 0.29) is 11.7 Å². The molecule has 2 atom stereocenters. The molecule has 0 N–H and O–H groups in total. The van der Waals surface area contributed by atoms with E-state index < -0.39 is 5.92 Å². The molecule has 0 saturated heterocycles. The summed E-state index contributed by atoms with van der Waals surface area (Å²) in [5.41, 5.74) is 3.64. The molecule has 130 valence electrons. The Morgan fingerprint density at radius 3 is 2.56 bits per heavy atom. The van der Waals surface area contributed by atoms with Crippen molar-refractivity contribution in [3.63, 3.8) is 0 Å². The second-order valence-electron chi connectivity index (χ2n) is 6.06. The van der Waals surface area contributed by atoms with Gasteiger partial charge in [0.1, 0.15) is 5.92 Å². The maximum atomic E-state index is 12.3. The Bertz CT molecular complexity index is 766. The van der Waals surface area contributed by atoms with E-state index >= 15 is 0 Å². The smallest absolute Gasteiger partial charge is 0.158 e. The SMILES string of the molecule is C/C=C/CSC1=NC(C)=C(C(C)=O)[C@@H](c2ccc(CC)cc2)C1C#N. The van der Waals surface area contributed by atoms with Gasteiger partial charge in [0.15, 0.2) is 5.78 Å². The van der Waals surface area contributed by atoms with Gasteiger partial charge in [-0.25, -0.2) is 4.99 Å². The second-order valence-corrected chi connectivity index (χ2v) is 7.11. The molecule has 0 spiro atoms. The first kappa shape index (κ1) is 19.2. The van der Waals surface area contributed by atoms with E-state index in [0.29, 0.717) is 5.57 Å². The van der Waals surface area contributed by atoms with E-state index in [1.54, 1.807) is 18.7 Å². The monoisotopic (exact) mass is 352 g/mol. The number of ketones is 1. The molecule has 0 saturated carbocycles. The van der Waals surface area contributed by atoms with Crippen LogP contribution in [0.25, 0.3) is 0 Å². The Hall–Kier alpha value is -2.12. The van der Waals surface area contributed by atoms with Gasteiger partial charge in [-0.2, -0.15) is 5.26 Å². The van der Waals surface area contributed by atoms with Crippen molar-refractivity contribution in [1.29, 1.82) is 5.26 Å².